The highest BCUT2D eigenvalue weighted by Gasteiger charge is 2.03. The SMILES string of the molecule is Brc1cccc(Br)c1NCc1cncs1. The summed E-state index contributed by atoms with van der Waals surface area (Å²) in [5, 5.41) is 3.36. The van der Waals surface area contributed by atoms with E-state index in [4.69, 9.17) is 0 Å². The number of halogens is 2. The van der Waals surface area contributed by atoms with Crippen LogP contribution in [0, 0.1) is 0 Å². The molecule has 0 fully saturated rings. The number of para-hydroxylation sites is 1. The van der Waals surface area contributed by atoms with E-state index in [-0.39, 0.29) is 0 Å². The van der Waals surface area contributed by atoms with Crippen molar-refractivity contribution in [3.8, 4) is 0 Å². The molecule has 2 nitrogen and oxygen atoms in total. The Kier molecular flexibility index (Phi) is 3.77. The molecule has 15 heavy (non-hydrogen) atoms. The van der Waals surface area contributed by atoms with Crippen LogP contribution in [0.4, 0.5) is 5.69 Å². The molecule has 0 aliphatic carbocycles. The molecule has 1 heterocycles. The van der Waals surface area contributed by atoms with Crippen molar-refractivity contribution in [2.24, 2.45) is 0 Å². The summed E-state index contributed by atoms with van der Waals surface area (Å²) < 4.78 is 2.11. The van der Waals surface area contributed by atoms with Crippen molar-refractivity contribution in [2.45, 2.75) is 6.54 Å². The van der Waals surface area contributed by atoms with Crippen LogP contribution in [0.1, 0.15) is 4.88 Å². The molecule has 0 aliphatic heterocycles. The van der Waals surface area contributed by atoms with E-state index in [0.717, 1.165) is 21.2 Å². The van der Waals surface area contributed by atoms with Gasteiger partial charge in [-0.05, 0) is 44.0 Å². The normalized spacial score (nSPS) is 10.3. The number of aromatic nitrogens is 1. The minimum Gasteiger partial charge on any atom is -0.378 e. The summed E-state index contributed by atoms with van der Waals surface area (Å²) in [6.45, 7) is 0.798. The molecule has 1 aromatic carbocycles. The summed E-state index contributed by atoms with van der Waals surface area (Å²) in [7, 11) is 0. The average molecular weight is 348 g/mol. The van der Waals surface area contributed by atoms with Gasteiger partial charge in [0.1, 0.15) is 0 Å². The van der Waals surface area contributed by atoms with E-state index in [1.165, 1.54) is 4.88 Å². The molecule has 0 radical (unpaired) electrons. The molecule has 0 unspecified atom stereocenters. The van der Waals surface area contributed by atoms with E-state index in [9.17, 15) is 0 Å². The van der Waals surface area contributed by atoms with Crippen molar-refractivity contribution >= 4 is 48.9 Å². The van der Waals surface area contributed by atoms with Gasteiger partial charge in [-0.2, -0.15) is 0 Å². The van der Waals surface area contributed by atoms with Crippen LogP contribution in [-0.2, 0) is 6.54 Å². The summed E-state index contributed by atoms with van der Waals surface area (Å²) in [6.07, 6.45) is 1.88. The third kappa shape index (κ3) is 2.80. The standard InChI is InChI=1S/C10H8Br2N2S/c11-8-2-1-3-9(12)10(8)14-5-7-4-13-6-15-7/h1-4,6,14H,5H2. The largest absolute Gasteiger partial charge is 0.378 e. The molecule has 1 N–H and O–H groups in total. The lowest BCUT2D eigenvalue weighted by Crippen LogP contribution is -1.98. The highest BCUT2D eigenvalue weighted by atomic mass is 79.9. The quantitative estimate of drug-likeness (QED) is 0.896. The van der Waals surface area contributed by atoms with Gasteiger partial charge in [0.15, 0.2) is 0 Å². The molecule has 0 atom stereocenters. The smallest absolute Gasteiger partial charge is 0.0794 e. The first-order valence-corrected chi connectivity index (χ1v) is 6.79. The number of nitrogens with one attached hydrogen (secondary N) is 1. The Morgan fingerprint density at radius 1 is 1.27 bits per heavy atom. The maximum absolute atomic E-state index is 4.03. The third-order valence-corrected chi connectivity index (χ3v) is 3.99. The van der Waals surface area contributed by atoms with Crippen molar-refractivity contribution in [3.05, 3.63) is 43.7 Å². The van der Waals surface area contributed by atoms with Gasteiger partial charge in [0, 0.05) is 20.0 Å². The van der Waals surface area contributed by atoms with E-state index in [2.05, 4.69) is 42.2 Å². The first-order chi connectivity index (χ1) is 7.27. The average Bonchev–Trinajstić information content (AvgIpc) is 2.70. The van der Waals surface area contributed by atoms with Crippen molar-refractivity contribution < 1.29 is 0 Å². The van der Waals surface area contributed by atoms with E-state index in [1.54, 1.807) is 11.3 Å². The molecule has 2 aromatic rings. The lowest BCUT2D eigenvalue weighted by Gasteiger charge is -2.09. The molecule has 78 valence electrons. The van der Waals surface area contributed by atoms with Crippen molar-refractivity contribution in [3.63, 3.8) is 0 Å². The van der Waals surface area contributed by atoms with Gasteiger partial charge in [-0.25, -0.2) is 0 Å². The summed E-state index contributed by atoms with van der Waals surface area (Å²) >= 11 is 8.66. The second-order valence-corrected chi connectivity index (χ2v) is 5.60. The zero-order chi connectivity index (χ0) is 10.7. The van der Waals surface area contributed by atoms with E-state index in [0.29, 0.717) is 0 Å². The Hall–Kier alpha value is -0.390. The molecule has 0 bridgehead atoms. The van der Waals surface area contributed by atoms with Crippen LogP contribution in [-0.4, -0.2) is 4.98 Å². The molecule has 0 aliphatic rings. The van der Waals surface area contributed by atoms with Crippen LogP contribution >= 0.6 is 43.2 Å². The van der Waals surface area contributed by atoms with Gasteiger partial charge in [-0.15, -0.1) is 11.3 Å². The maximum Gasteiger partial charge on any atom is 0.0794 e. The highest BCUT2D eigenvalue weighted by Crippen LogP contribution is 2.30. The van der Waals surface area contributed by atoms with Crippen LogP contribution in [0.25, 0.3) is 0 Å². The van der Waals surface area contributed by atoms with Crippen LogP contribution in [0.15, 0.2) is 38.9 Å². The molecule has 0 amide bonds. The summed E-state index contributed by atoms with van der Waals surface area (Å²) in [5.74, 6) is 0. The highest BCUT2D eigenvalue weighted by molar-refractivity contribution is 9.11. The monoisotopic (exact) mass is 346 g/mol. The number of rotatable bonds is 3. The fraction of sp³-hybridized carbons (Fsp3) is 0.100. The minimum absolute atomic E-state index is 0.798. The summed E-state index contributed by atoms with van der Waals surface area (Å²) in [6, 6.07) is 6.02. The predicted molar refractivity (Wildman–Crippen MR) is 71.3 cm³/mol. The Bertz CT molecular complexity index is 422. The Balaban J connectivity index is 2.11. The molecule has 0 saturated carbocycles. The van der Waals surface area contributed by atoms with Crippen LogP contribution in [0.5, 0.6) is 0 Å². The van der Waals surface area contributed by atoms with Gasteiger partial charge >= 0.3 is 0 Å². The minimum atomic E-state index is 0.798. The van der Waals surface area contributed by atoms with Gasteiger partial charge in [0.2, 0.25) is 0 Å². The predicted octanol–water partition coefficient (Wildman–Crippen LogP) is 4.28. The van der Waals surface area contributed by atoms with Crippen LogP contribution in [0.2, 0.25) is 0 Å². The Morgan fingerprint density at radius 3 is 2.60 bits per heavy atom. The van der Waals surface area contributed by atoms with E-state index in [1.807, 2.05) is 29.9 Å². The molecule has 5 heteroatoms. The molecular weight excluding hydrogens is 340 g/mol. The fourth-order valence-electron chi connectivity index (χ4n) is 1.17. The van der Waals surface area contributed by atoms with Crippen molar-refractivity contribution in [1.29, 1.82) is 0 Å². The first kappa shape index (κ1) is 11.1. The lowest BCUT2D eigenvalue weighted by molar-refractivity contribution is 1.17. The molecule has 1 aromatic heterocycles. The van der Waals surface area contributed by atoms with Crippen LogP contribution < -0.4 is 5.32 Å². The first-order valence-electron chi connectivity index (χ1n) is 4.32. The lowest BCUT2D eigenvalue weighted by atomic mass is 10.3. The number of benzene rings is 1. The number of anilines is 1. The Morgan fingerprint density at radius 2 is 2.00 bits per heavy atom. The fourth-order valence-corrected chi connectivity index (χ4v) is 2.98. The zero-order valence-electron chi connectivity index (χ0n) is 7.71. The van der Waals surface area contributed by atoms with Gasteiger partial charge in [0.25, 0.3) is 0 Å². The number of hydrogen-bond acceptors (Lipinski definition) is 3. The summed E-state index contributed by atoms with van der Waals surface area (Å²) in [4.78, 5) is 5.25. The van der Waals surface area contributed by atoms with Gasteiger partial charge < -0.3 is 5.32 Å². The van der Waals surface area contributed by atoms with Crippen molar-refractivity contribution in [2.75, 3.05) is 5.32 Å². The van der Waals surface area contributed by atoms with Gasteiger partial charge in [0.05, 0.1) is 17.7 Å². The van der Waals surface area contributed by atoms with E-state index < -0.39 is 0 Å². The zero-order valence-corrected chi connectivity index (χ0v) is 11.7. The second kappa shape index (κ2) is 5.09. The maximum atomic E-state index is 4.03. The number of thiazole rings is 1. The molecular formula is C10H8Br2N2S. The van der Waals surface area contributed by atoms with Crippen molar-refractivity contribution in [1.82, 2.24) is 4.98 Å². The topological polar surface area (TPSA) is 24.9 Å². The molecule has 2 rings (SSSR count). The Labute approximate surface area is 109 Å². The summed E-state index contributed by atoms with van der Waals surface area (Å²) in [5.41, 5.74) is 2.91. The molecule has 0 saturated heterocycles. The number of hydrogen-bond donors (Lipinski definition) is 1. The molecule has 0 spiro atoms. The van der Waals surface area contributed by atoms with Crippen LogP contribution in [0.3, 0.4) is 0 Å². The van der Waals surface area contributed by atoms with Gasteiger partial charge in [-0.1, -0.05) is 6.07 Å². The second-order valence-electron chi connectivity index (χ2n) is 2.92. The third-order valence-electron chi connectivity index (χ3n) is 1.89. The number of nitrogens with zero attached hydrogens (tertiary/aromatic N) is 1. The van der Waals surface area contributed by atoms with E-state index >= 15 is 0 Å². The van der Waals surface area contributed by atoms with Gasteiger partial charge in [-0.3, -0.25) is 4.98 Å².